The van der Waals surface area contributed by atoms with E-state index in [1.54, 1.807) is 25.3 Å². The van der Waals surface area contributed by atoms with Crippen LogP contribution >= 0.6 is 0 Å². The fourth-order valence-corrected chi connectivity index (χ4v) is 3.30. The van der Waals surface area contributed by atoms with Crippen LogP contribution in [0.25, 0.3) is 0 Å². The van der Waals surface area contributed by atoms with Crippen LogP contribution in [0, 0.1) is 6.92 Å². The molecule has 1 unspecified atom stereocenters. The van der Waals surface area contributed by atoms with Crippen LogP contribution in [0.3, 0.4) is 0 Å². The van der Waals surface area contributed by atoms with Gasteiger partial charge in [0, 0.05) is 12.6 Å². The second-order valence-corrected chi connectivity index (χ2v) is 6.52. The predicted octanol–water partition coefficient (Wildman–Crippen LogP) is 3.61. The van der Waals surface area contributed by atoms with Crippen molar-refractivity contribution in [1.82, 2.24) is 4.90 Å². The minimum Gasteiger partial charge on any atom is -0.493 e. The Kier molecular flexibility index (Phi) is 5.60. The van der Waals surface area contributed by atoms with Gasteiger partial charge >= 0.3 is 0 Å². The van der Waals surface area contributed by atoms with E-state index in [-0.39, 0.29) is 30.6 Å². The number of hydrogen-bond donors (Lipinski definition) is 0. The highest BCUT2D eigenvalue weighted by Crippen LogP contribution is 2.32. The van der Waals surface area contributed by atoms with Crippen LogP contribution in [-0.2, 0) is 16.0 Å². The van der Waals surface area contributed by atoms with Crippen molar-refractivity contribution < 1.29 is 19.1 Å². The lowest BCUT2D eigenvalue weighted by Crippen LogP contribution is -2.35. The van der Waals surface area contributed by atoms with Gasteiger partial charge in [0.1, 0.15) is 0 Å². The molecule has 2 aromatic rings. The van der Waals surface area contributed by atoms with Crippen LogP contribution < -0.4 is 9.47 Å². The minimum absolute atomic E-state index is 0.0233. The summed E-state index contributed by atoms with van der Waals surface area (Å²) in [5, 5.41) is 0. The third-order valence-electron chi connectivity index (χ3n) is 4.81. The van der Waals surface area contributed by atoms with Crippen molar-refractivity contribution >= 4 is 11.7 Å². The number of amides is 1. The smallest absolute Gasteiger partial charge is 0.231 e. The number of allylic oxidation sites excluding steroid dienone is 1. The molecule has 0 aliphatic carbocycles. The lowest BCUT2D eigenvalue weighted by Gasteiger charge is -2.31. The van der Waals surface area contributed by atoms with Crippen molar-refractivity contribution in [2.75, 3.05) is 14.2 Å². The van der Waals surface area contributed by atoms with Crippen molar-refractivity contribution in [3.05, 3.63) is 71.4 Å². The predicted molar refractivity (Wildman–Crippen MR) is 103 cm³/mol. The molecule has 0 radical (unpaired) electrons. The molecule has 1 heterocycles. The molecule has 1 aliphatic heterocycles. The van der Waals surface area contributed by atoms with Crippen molar-refractivity contribution in [2.45, 2.75) is 25.8 Å². The number of benzene rings is 2. The van der Waals surface area contributed by atoms with E-state index in [1.165, 1.54) is 6.08 Å². The fourth-order valence-electron chi connectivity index (χ4n) is 3.30. The quantitative estimate of drug-likeness (QED) is 0.812. The number of rotatable bonds is 5. The number of ketones is 1. The second kappa shape index (κ2) is 8.08. The molecule has 0 aromatic heterocycles. The molecular weight excluding hydrogens is 342 g/mol. The molecule has 0 bridgehead atoms. The summed E-state index contributed by atoms with van der Waals surface area (Å²) >= 11 is 0. The Balaban J connectivity index is 1.88. The van der Waals surface area contributed by atoms with E-state index in [1.807, 2.05) is 49.4 Å². The number of carbonyl (C=O) groups excluding carboxylic acids is 2. The van der Waals surface area contributed by atoms with Gasteiger partial charge < -0.3 is 14.4 Å². The minimum atomic E-state index is -0.281. The van der Waals surface area contributed by atoms with E-state index >= 15 is 0 Å². The summed E-state index contributed by atoms with van der Waals surface area (Å²) < 4.78 is 10.7. The van der Waals surface area contributed by atoms with Gasteiger partial charge in [0.25, 0.3) is 0 Å². The largest absolute Gasteiger partial charge is 0.493 e. The van der Waals surface area contributed by atoms with E-state index in [2.05, 4.69) is 0 Å². The zero-order valence-corrected chi connectivity index (χ0v) is 15.8. The number of aryl methyl sites for hydroxylation is 1. The van der Waals surface area contributed by atoms with Crippen LogP contribution in [-0.4, -0.2) is 30.8 Å². The van der Waals surface area contributed by atoms with Crippen LogP contribution in [0.2, 0.25) is 0 Å². The SMILES string of the molecule is COc1cc(C)c(CC(=O)N2C=CC(=O)CC2c2ccccc2)cc1OC. The number of ether oxygens (including phenoxy) is 2. The highest BCUT2D eigenvalue weighted by Gasteiger charge is 2.28. The van der Waals surface area contributed by atoms with E-state index in [0.717, 1.165) is 16.7 Å². The van der Waals surface area contributed by atoms with Gasteiger partial charge in [0.15, 0.2) is 17.3 Å². The standard InChI is InChI=1S/C22H23NO4/c1-15-11-20(26-2)21(27-3)12-17(15)13-22(25)23-10-9-18(24)14-19(23)16-7-5-4-6-8-16/h4-12,19H,13-14H2,1-3H3. The molecular formula is C22H23NO4. The number of nitrogens with zero attached hydrogens (tertiary/aromatic N) is 1. The van der Waals surface area contributed by atoms with Gasteiger partial charge in [-0.25, -0.2) is 0 Å². The second-order valence-electron chi connectivity index (χ2n) is 6.52. The Morgan fingerprint density at radius 3 is 2.44 bits per heavy atom. The molecule has 1 atom stereocenters. The molecule has 0 N–H and O–H groups in total. The summed E-state index contributed by atoms with van der Waals surface area (Å²) in [6, 6.07) is 13.1. The highest BCUT2D eigenvalue weighted by molar-refractivity contribution is 5.93. The third-order valence-corrected chi connectivity index (χ3v) is 4.81. The first-order chi connectivity index (χ1) is 13.0. The molecule has 1 aliphatic rings. The number of hydrogen-bond acceptors (Lipinski definition) is 4. The summed E-state index contributed by atoms with van der Waals surface area (Å²) in [4.78, 5) is 26.6. The molecule has 0 fully saturated rings. The van der Waals surface area contributed by atoms with Gasteiger partial charge in [0.2, 0.25) is 5.91 Å². The first kappa shape index (κ1) is 18.7. The summed E-state index contributed by atoms with van der Waals surface area (Å²) in [5.74, 6) is 1.19. The van der Waals surface area contributed by atoms with Crippen LogP contribution in [0.1, 0.15) is 29.2 Å². The Morgan fingerprint density at radius 1 is 1.11 bits per heavy atom. The molecule has 3 rings (SSSR count). The van der Waals surface area contributed by atoms with Crippen molar-refractivity contribution in [1.29, 1.82) is 0 Å². The average molecular weight is 365 g/mol. The molecule has 1 amide bonds. The molecule has 27 heavy (non-hydrogen) atoms. The van der Waals surface area contributed by atoms with Gasteiger partial charge in [-0.3, -0.25) is 9.59 Å². The van der Waals surface area contributed by atoms with Crippen molar-refractivity contribution in [3.8, 4) is 11.5 Å². The average Bonchev–Trinajstić information content (AvgIpc) is 2.69. The summed E-state index contributed by atoms with van der Waals surface area (Å²) in [6.45, 7) is 1.94. The lowest BCUT2D eigenvalue weighted by molar-refractivity contribution is -0.131. The highest BCUT2D eigenvalue weighted by atomic mass is 16.5. The molecule has 0 saturated heterocycles. The van der Waals surface area contributed by atoms with Gasteiger partial charge in [-0.2, -0.15) is 0 Å². The topological polar surface area (TPSA) is 55.8 Å². The van der Waals surface area contributed by atoms with Crippen LogP contribution in [0.15, 0.2) is 54.7 Å². The first-order valence-electron chi connectivity index (χ1n) is 8.82. The maximum atomic E-state index is 13.1. The molecule has 140 valence electrons. The molecule has 0 spiro atoms. The Hall–Kier alpha value is -3.08. The summed E-state index contributed by atoms with van der Waals surface area (Å²) in [5.41, 5.74) is 2.77. The zero-order valence-electron chi connectivity index (χ0n) is 15.8. The maximum Gasteiger partial charge on any atom is 0.231 e. The van der Waals surface area contributed by atoms with E-state index in [0.29, 0.717) is 11.5 Å². The van der Waals surface area contributed by atoms with Crippen LogP contribution in [0.5, 0.6) is 11.5 Å². The van der Waals surface area contributed by atoms with E-state index in [4.69, 9.17) is 9.47 Å². The number of methoxy groups -OCH3 is 2. The molecule has 2 aromatic carbocycles. The molecule has 5 heteroatoms. The van der Waals surface area contributed by atoms with E-state index in [9.17, 15) is 9.59 Å². The molecule has 5 nitrogen and oxygen atoms in total. The van der Waals surface area contributed by atoms with Gasteiger partial charge in [0.05, 0.1) is 26.7 Å². The lowest BCUT2D eigenvalue weighted by atomic mass is 9.96. The van der Waals surface area contributed by atoms with E-state index < -0.39 is 0 Å². The van der Waals surface area contributed by atoms with Crippen molar-refractivity contribution in [2.24, 2.45) is 0 Å². The summed E-state index contributed by atoms with van der Waals surface area (Å²) in [7, 11) is 3.16. The normalized spacial score (nSPS) is 16.3. The van der Waals surface area contributed by atoms with Crippen LogP contribution in [0.4, 0.5) is 0 Å². The van der Waals surface area contributed by atoms with Crippen molar-refractivity contribution in [3.63, 3.8) is 0 Å². The molecule has 0 saturated carbocycles. The maximum absolute atomic E-state index is 13.1. The monoisotopic (exact) mass is 365 g/mol. The third kappa shape index (κ3) is 4.03. The fraction of sp³-hybridized carbons (Fsp3) is 0.273. The van der Waals surface area contributed by atoms with Gasteiger partial charge in [-0.1, -0.05) is 30.3 Å². The number of carbonyl (C=O) groups is 2. The zero-order chi connectivity index (χ0) is 19.4. The Labute approximate surface area is 159 Å². The Bertz CT molecular complexity index is 873. The van der Waals surface area contributed by atoms with Gasteiger partial charge in [-0.15, -0.1) is 0 Å². The Morgan fingerprint density at radius 2 is 1.78 bits per heavy atom. The summed E-state index contributed by atoms with van der Waals surface area (Å²) in [6.07, 6.45) is 3.58. The first-order valence-corrected chi connectivity index (χ1v) is 8.82. The van der Waals surface area contributed by atoms with Gasteiger partial charge in [-0.05, 0) is 41.8 Å².